The van der Waals surface area contributed by atoms with Gasteiger partial charge in [0.05, 0.1) is 0 Å². The molecule has 0 aromatic carbocycles. The molecule has 2 amide bonds. The Kier molecular flexibility index (Phi) is 15.2. The summed E-state index contributed by atoms with van der Waals surface area (Å²) in [6, 6.07) is 0. The molecular weight excluding hydrogens is 393 g/mol. The molecule has 0 saturated heterocycles. The van der Waals surface area contributed by atoms with Crippen LogP contribution in [0, 0.1) is 0 Å². The van der Waals surface area contributed by atoms with Gasteiger partial charge in [-0.3, -0.25) is 19.5 Å². The zero-order chi connectivity index (χ0) is 22.2. The van der Waals surface area contributed by atoms with Crippen LogP contribution >= 0.6 is 7.60 Å². The monoisotopic (exact) mass is 433 g/mol. The van der Waals surface area contributed by atoms with Crippen molar-refractivity contribution >= 4 is 19.4 Å². The lowest BCUT2D eigenvalue weighted by molar-refractivity contribution is -0.138. The van der Waals surface area contributed by atoms with E-state index >= 15 is 0 Å². The molecule has 0 aromatic heterocycles. The van der Waals surface area contributed by atoms with Crippen molar-refractivity contribution in [3.05, 3.63) is 12.2 Å². The van der Waals surface area contributed by atoms with Crippen LogP contribution in [0.25, 0.3) is 0 Å². The van der Waals surface area contributed by atoms with Crippen molar-refractivity contribution in [2.24, 2.45) is 0 Å². The van der Waals surface area contributed by atoms with Crippen molar-refractivity contribution in [2.75, 3.05) is 0 Å². The molecule has 0 heterocycles. The number of hydrogen-bond acceptors (Lipinski definition) is 4. The lowest BCUT2D eigenvalue weighted by atomic mass is 10.1. The van der Waals surface area contributed by atoms with E-state index in [2.05, 4.69) is 19.1 Å². The van der Waals surface area contributed by atoms with E-state index in [4.69, 9.17) is 9.79 Å². The number of rotatable bonds is 17. The van der Waals surface area contributed by atoms with E-state index in [0.717, 1.165) is 38.5 Å². The number of unbranched alkanes of at least 4 members (excludes halogenated alkanes) is 11. The molecule has 0 spiro atoms. The topological polar surface area (TPSA) is 124 Å². The third kappa shape index (κ3) is 13.8. The average Bonchev–Trinajstić information content (AvgIpc) is 2.63. The Hall–Kier alpha value is -1.01. The maximum Gasteiger partial charge on any atom is 0.366 e. The van der Waals surface area contributed by atoms with Crippen molar-refractivity contribution in [3.63, 3.8) is 0 Å². The minimum absolute atomic E-state index is 0.0845. The number of carbonyl (C=O) groups is 2. The average molecular weight is 434 g/mol. The first-order valence-corrected chi connectivity index (χ1v) is 12.5. The van der Waals surface area contributed by atoms with Gasteiger partial charge in [-0.05, 0) is 39.0 Å². The van der Waals surface area contributed by atoms with Gasteiger partial charge in [-0.25, -0.2) is 0 Å². The molecule has 0 aliphatic heterocycles. The smallest absolute Gasteiger partial charge is 0.366 e. The Labute approximate surface area is 175 Å². The zero-order valence-electron chi connectivity index (χ0n) is 18.1. The molecular formula is C21H40NO6P. The van der Waals surface area contributed by atoms with Crippen molar-refractivity contribution in [2.45, 2.75) is 109 Å². The molecule has 4 N–H and O–H groups in total. The van der Waals surface area contributed by atoms with Gasteiger partial charge in [0.15, 0.2) is 0 Å². The van der Waals surface area contributed by atoms with E-state index in [1.165, 1.54) is 38.5 Å². The quantitative estimate of drug-likeness (QED) is 0.152. The second-order valence-electron chi connectivity index (χ2n) is 7.78. The molecule has 0 aliphatic carbocycles. The molecule has 0 aliphatic rings. The summed E-state index contributed by atoms with van der Waals surface area (Å²) in [6.45, 7) is 2.92. The first-order chi connectivity index (χ1) is 13.6. The van der Waals surface area contributed by atoms with Crippen LogP contribution in [-0.4, -0.2) is 32.0 Å². The van der Waals surface area contributed by atoms with E-state index in [-0.39, 0.29) is 6.42 Å². The summed E-state index contributed by atoms with van der Waals surface area (Å²) < 4.78 is 11.1. The predicted octanol–water partition coefficient (Wildman–Crippen LogP) is 4.55. The zero-order valence-corrected chi connectivity index (χ0v) is 19.0. The SMILES string of the molecule is CCCCCCCC/C=C\CCCCCCCC(=O)NC(=O)C(C)(O)P(=O)(O)O. The van der Waals surface area contributed by atoms with Gasteiger partial charge in [0, 0.05) is 6.42 Å². The third-order valence-corrected chi connectivity index (χ3v) is 6.25. The Bertz CT molecular complexity index is 541. The fraction of sp³-hybridized carbons (Fsp3) is 0.810. The highest BCUT2D eigenvalue weighted by Crippen LogP contribution is 2.48. The number of carbonyl (C=O) groups excluding carboxylic acids is 2. The lowest BCUT2D eigenvalue weighted by Gasteiger charge is -2.22. The summed E-state index contributed by atoms with van der Waals surface area (Å²) in [5.41, 5.74) is 0. The molecule has 0 radical (unpaired) electrons. The first kappa shape index (κ1) is 28.0. The standard InChI is InChI=1S/C21H40NO6P/c1-3-4-5-6-7-8-9-10-11-12-13-14-15-16-17-18-19(23)22-20(24)21(2,25)29(26,27)28/h10-11,25H,3-9,12-18H2,1-2H3,(H,22,23,24)(H2,26,27,28)/b11-10-. The van der Waals surface area contributed by atoms with E-state index < -0.39 is 24.8 Å². The third-order valence-electron chi connectivity index (χ3n) is 4.92. The van der Waals surface area contributed by atoms with Crippen molar-refractivity contribution in [1.82, 2.24) is 5.32 Å². The maximum absolute atomic E-state index is 11.7. The second-order valence-corrected chi connectivity index (χ2v) is 9.74. The van der Waals surface area contributed by atoms with Crippen molar-refractivity contribution in [1.29, 1.82) is 0 Å². The van der Waals surface area contributed by atoms with Gasteiger partial charge in [-0.2, -0.15) is 0 Å². The highest BCUT2D eigenvalue weighted by atomic mass is 31.2. The normalized spacial score (nSPS) is 14.1. The van der Waals surface area contributed by atoms with Crippen molar-refractivity contribution < 1.29 is 29.0 Å². The highest BCUT2D eigenvalue weighted by molar-refractivity contribution is 7.54. The van der Waals surface area contributed by atoms with Crippen LogP contribution < -0.4 is 5.32 Å². The molecule has 0 rings (SSSR count). The van der Waals surface area contributed by atoms with Crippen LogP contribution in [0.5, 0.6) is 0 Å². The maximum atomic E-state index is 11.7. The summed E-state index contributed by atoms with van der Waals surface area (Å²) in [7, 11) is -5.06. The number of imide groups is 1. The molecule has 7 nitrogen and oxygen atoms in total. The van der Waals surface area contributed by atoms with Gasteiger partial charge < -0.3 is 14.9 Å². The largest absolute Gasteiger partial charge is 0.370 e. The molecule has 29 heavy (non-hydrogen) atoms. The van der Waals surface area contributed by atoms with Crippen LogP contribution in [0.4, 0.5) is 0 Å². The summed E-state index contributed by atoms with van der Waals surface area (Å²) in [5.74, 6) is -2.01. The van der Waals surface area contributed by atoms with Crippen LogP contribution in [0.15, 0.2) is 12.2 Å². The molecule has 0 saturated carbocycles. The molecule has 0 fully saturated rings. The Morgan fingerprint density at radius 3 is 1.79 bits per heavy atom. The van der Waals surface area contributed by atoms with E-state index in [1.54, 1.807) is 0 Å². The number of amides is 2. The Balaban J connectivity index is 3.61. The fourth-order valence-corrected chi connectivity index (χ4v) is 3.12. The molecule has 0 bridgehead atoms. The molecule has 8 heteroatoms. The molecule has 0 aromatic rings. The number of allylic oxidation sites excluding steroid dienone is 2. The van der Waals surface area contributed by atoms with Gasteiger partial charge in [-0.1, -0.05) is 70.4 Å². The number of aliphatic hydroxyl groups is 1. The Morgan fingerprint density at radius 1 is 0.862 bits per heavy atom. The highest BCUT2D eigenvalue weighted by Gasteiger charge is 2.48. The van der Waals surface area contributed by atoms with Gasteiger partial charge in [-0.15, -0.1) is 0 Å². The number of hydrogen-bond donors (Lipinski definition) is 4. The van der Waals surface area contributed by atoms with E-state index in [1.807, 2.05) is 5.32 Å². The second kappa shape index (κ2) is 15.8. The van der Waals surface area contributed by atoms with Crippen LogP contribution in [0.2, 0.25) is 0 Å². The fourth-order valence-electron chi connectivity index (χ4n) is 2.80. The minimum atomic E-state index is -5.06. The first-order valence-electron chi connectivity index (χ1n) is 10.9. The van der Waals surface area contributed by atoms with Gasteiger partial charge in [0.1, 0.15) is 0 Å². The summed E-state index contributed by atoms with van der Waals surface area (Å²) in [5, 5.41) is 8.49. The minimum Gasteiger partial charge on any atom is -0.370 e. The van der Waals surface area contributed by atoms with Crippen LogP contribution in [-0.2, 0) is 14.2 Å². The Morgan fingerprint density at radius 2 is 1.31 bits per heavy atom. The van der Waals surface area contributed by atoms with Crippen LogP contribution in [0.3, 0.4) is 0 Å². The van der Waals surface area contributed by atoms with Crippen molar-refractivity contribution in [3.8, 4) is 0 Å². The van der Waals surface area contributed by atoms with Gasteiger partial charge in [0.2, 0.25) is 11.2 Å². The summed E-state index contributed by atoms with van der Waals surface area (Å²) in [6.07, 6.45) is 19.4. The van der Waals surface area contributed by atoms with Gasteiger partial charge in [0.25, 0.3) is 5.91 Å². The summed E-state index contributed by atoms with van der Waals surface area (Å²) >= 11 is 0. The summed E-state index contributed by atoms with van der Waals surface area (Å²) in [4.78, 5) is 41.1. The van der Waals surface area contributed by atoms with Gasteiger partial charge >= 0.3 is 7.60 Å². The van der Waals surface area contributed by atoms with E-state index in [0.29, 0.717) is 13.3 Å². The molecule has 170 valence electrons. The predicted molar refractivity (Wildman–Crippen MR) is 115 cm³/mol. The van der Waals surface area contributed by atoms with E-state index in [9.17, 15) is 19.3 Å². The molecule has 1 atom stereocenters. The molecule has 1 unspecified atom stereocenters. The van der Waals surface area contributed by atoms with Crippen LogP contribution in [0.1, 0.15) is 104 Å². The lowest BCUT2D eigenvalue weighted by Crippen LogP contribution is -2.46. The number of nitrogens with one attached hydrogen (secondary N) is 1.